The minimum absolute atomic E-state index is 0.193. The molecule has 21 heavy (non-hydrogen) atoms. The maximum atomic E-state index is 10.6. The largest absolute Gasteiger partial charge is 0.388 e. The number of ether oxygens (including phenoxy) is 2. The van der Waals surface area contributed by atoms with Crippen LogP contribution in [0.2, 0.25) is 0 Å². The van der Waals surface area contributed by atoms with Crippen LogP contribution >= 0.6 is 0 Å². The molecule has 1 aliphatic carbocycles. The molecular weight excluding hydrogens is 286 g/mol. The van der Waals surface area contributed by atoms with Crippen LogP contribution in [0.4, 0.5) is 0 Å². The predicted molar refractivity (Wildman–Crippen MR) is 64.3 cm³/mol. The lowest BCUT2D eigenvalue weighted by atomic mass is 9.55. The zero-order valence-corrected chi connectivity index (χ0v) is 11.0. The second-order valence-corrected chi connectivity index (χ2v) is 6.29. The summed E-state index contributed by atoms with van der Waals surface area (Å²) in [5.41, 5.74) is 2.27. The summed E-state index contributed by atoms with van der Waals surface area (Å²) in [6.45, 7) is 1.36. The number of aliphatic hydroxyl groups excluding tert-OH is 3. The highest BCUT2D eigenvalue weighted by atomic mass is 16.9. The number of nitrogens with two attached hydrogens (primary N) is 1. The fraction of sp³-hybridized carbons (Fsp3) is 0.909. The van der Waals surface area contributed by atoms with Crippen molar-refractivity contribution >= 4 is 5.96 Å². The normalized spacial score (nSPS) is 64.8. The van der Waals surface area contributed by atoms with Crippen molar-refractivity contribution in [3.05, 3.63) is 0 Å². The zero-order chi connectivity index (χ0) is 15.4. The van der Waals surface area contributed by atoms with Crippen LogP contribution in [-0.2, 0) is 9.47 Å². The van der Waals surface area contributed by atoms with Gasteiger partial charge in [-0.3, -0.25) is 0 Å². The van der Waals surface area contributed by atoms with Crippen LogP contribution in [0.5, 0.6) is 0 Å². The molecule has 4 bridgehead atoms. The van der Waals surface area contributed by atoms with Gasteiger partial charge in [-0.1, -0.05) is 0 Å². The molecule has 4 heterocycles. The van der Waals surface area contributed by atoms with Gasteiger partial charge in [0.25, 0.3) is 0 Å². The fourth-order valence-corrected chi connectivity index (χ4v) is 4.19. The van der Waals surface area contributed by atoms with Crippen molar-refractivity contribution in [3.63, 3.8) is 0 Å². The Morgan fingerprint density at radius 2 is 1.81 bits per heavy atom. The molecule has 3 saturated heterocycles. The molecule has 4 fully saturated rings. The number of aliphatic imine (C=N–C) groups is 1. The first-order chi connectivity index (χ1) is 9.64. The number of guanidine groups is 1. The molecule has 0 amide bonds. The van der Waals surface area contributed by atoms with Crippen LogP contribution in [0.3, 0.4) is 0 Å². The summed E-state index contributed by atoms with van der Waals surface area (Å²) in [4.78, 5) is 3.74. The van der Waals surface area contributed by atoms with E-state index in [0.29, 0.717) is 0 Å². The van der Waals surface area contributed by atoms with Crippen molar-refractivity contribution in [3.8, 4) is 0 Å². The smallest absolute Gasteiger partial charge is 0.311 e. The van der Waals surface area contributed by atoms with Crippen molar-refractivity contribution in [2.24, 2.45) is 16.6 Å². The molecule has 10 heteroatoms. The van der Waals surface area contributed by atoms with E-state index in [2.05, 4.69) is 10.3 Å². The van der Waals surface area contributed by atoms with Gasteiger partial charge in [-0.2, -0.15) is 0 Å². The van der Waals surface area contributed by atoms with Crippen molar-refractivity contribution in [2.45, 2.75) is 54.7 Å². The van der Waals surface area contributed by atoms with E-state index >= 15 is 0 Å². The number of rotatable bonds is 0. The van der Waals surface area contributed by atoms with Crippen molar-refractivity contribution in [1.29, 1.82) is 0 Å². The second kappa shape index (κ2) is 3.49. The quantitative estimate of drug-likeness (QED) is 0.233. The molecule has 4 aliphatic heterocycles. The number of aliphatic hydroxyl groups is 5. The van der Waals surface area contributed by atoms with Crippen LogP contribution in [0, 0.1) is 5.92 Å². The summed E-state index contributed by atoms with van der Waals surface area (Å²) >= 11 is 0. The van der Waals surface area contributed by atoms with Gasteiger partial charge in [-0.25, -0.2) is 4.99 Å². The van der Waals surface area contributed by atoms with Gasteiger partial charge >= 0.3 is 5.97 Å². The van der Waals surface area contributed by atoms with E-state index in [1.807, 2.05) is 0 Å². The fourth-order valence-electron chi connectivity index (χ4n) is 4.19. The van der Waals surface area contributed by atoms with Crippen LogP contribution in [0.25, 0.3) is 0 Å². The lowest BCUT2D eigenvalue weighted by molar-refractivity contribution is -0.545. The third kappa shape index (κ3) is 1.26. The standard InChI is InChI=1S/C11H17N3O7/c1-9(18)4-2-6(16)13-8(12)14-10(2)3(15)5(9)21-11(19,20-4)7(10)17/h2-7,15-19H,1H3,(H3,12,13,14)/t2-,3?,4+,5+,6+,7+,9+,10-,11+/m1/s1. The summed E-state index contributed by atoms with van der Waals surface area (Å²) in [6, 6.07) is 0. The molecule has 10 nitrogen and oxygen atoms in total. The number of hydrogen-bond donors (Lipinski definition) is 7. The third-order valence-electron chi connectivity index (χ3n) is 5.13. The highest BCUT2D eigenvalue weighted by molar-refractivity contribution is 5.80. The van der Waals surface area contributed by atoms with E-state index in [1.165, 1.54) is 6.92 Å². The molecule has 0 aromatic heterocycles. The minimum atomic E-state index is -2.41. The van der Waals surface area contributed by atoms with Crippen LogP contribution in [0.15, 0.2) is 4.99 Å². The van der Waals surface area contributed by atoms with Gasteiger partial charge in [-0.05, 0) is 6.92 Å². The van der Waals surface area contributed by atoms with Gasteiger partial charge < -0.3 is 46.1 Å². The van der Waals surface area contributed by atoms with Gasteiger partial charge in [0.2, 0.25) is 0 Å². The third-order valence-corrected chi connectivity index (χ3v) is 5.13. The number of nitrogens with zero attached hydrogens (tertiary/aromatic N) is 1. The van der Waals surface area contributed by atoms with Crippen LogP contribution in [-0.4, -0.2) is 79.2 Å². The van der Waals surface area contributed by atoms with E-state index in [0.717, 1.165) is 0 Å². The topological polar surface area (TPSA) is 170 Å². The average molecular weight is 303 g/mol. The Labute approximate surface area is 118 Å². The maximum absolute atomic E-state index is 10.6. The Bertz CT molecular complexity index is 542. The molecule has 8 N–H and O–H groups in total. The van der Waals surface area contributed by atoms with E-state index in [1.54, 1.807) is 0 Å². The zero-order valence-electron chi connectivity index (χ0n) is 11.0. The predicted octanol–water partition coefficient (Wildman–Crippen LogP) is -4.49. The number of nitrogens with one attached hydrogen (secondary N) is 1. The maximum Gasteiger partial charge on any atom is 0.311 e. The highest BCUT2D eigenvalue weighted by Crippen LogP contribution is 2.58. The van der Waals surface area contributed by atoms with Crippen molar-refractivity contribution in [2.75, 3.05) is 0 Å². The highest BCUT2D eigenvalue weighted by Gasteiger charge is 2.82. The molecule has 1 saturated carbocycles. The van der Waals surface area contributed by atoms with Gasteiger partial charge in [0.15, 0.2) is 18.3 Å². The Morgan fingerprint density at radius 3 is 2.48 bits per heavy atom. The molecule has 1 unspecified atom stereocenters. The van der Waals surface area contributed by atoms with Gasteiger partial charge in [-0.15, -0.1) is 0 Å². The van der Waals surface area contributed by atoms with Crippen LogP contribution < -0.4 is 11.1 Å². The lowest BCUT2D eigenvalue weighted by Crippen LogP contribution is -2.94. The molecule has 0 aromatic carbocycles. The van der Waals surface area contributed by atoms with E-state index in [9.17, 15) is 25.5 Å². The second-order valence-electron chi connectivity index (χ2n) is 6.29. The number of hydrogen-bond acceptors (Lipinski definition) is 10. The summed E-state index contributed by atoms with van der Waals surface area (Å²) in [6.07, 6.45) is -6.96. The summed E-state index contributed by atoms with van der Waals surface area (Å²) in [5.74, 6) is -3.62. The molecule has 1 spiro atoms. The van der Waals surface area contributed by atoms with Gasteiger partial charge in [0.1, 0.15) is 29.5 Å². The first-order valence-electron chi connectivity index (χ1n) is 6.60. The molecule has 9 atom stereocenters. The summed E-state index contributed by atoms with van der Waals surface area (Å²) in [5, 5.41) is 54.7. The molecule has 0 radical (unpaired) electrons. The Hall–Kier alpha value is -1.01. The first kappa shape index (κ1) is 13.6. The molecule has 5 rings (SSSR count). The van der Waals surface area contributed by atoms with Crippen molar-refractivity contribution < 1.29 is 35.0 Å². The molecule has 118 valence electrons. The first-order valence-corrected chi connectivity index (χ1v) is 6.60. The monoisotopic (exact) mass is 303 g/mol. The summed E-state index contributed by atoms with van der Waals surface area (Å²) < 4.78 is 10.4. The van der Waals surface area contributed by atoms with Gasteiger partial charge in [0, 0.05) is 0 Å². The summed E-state index contributed by atoms with van der Waals surface area (Å²) in [7, 11) is 0. The molecule has 0 aromatic rings. The van der Waals surface area contributed by atoms with E-state index in [4.69, 9.17) is 15.2 Å². The van der Waals surface area contributed by atoms with E-state index in [-0.39, 0.29) is 5.96 Å². The lowest BCUT2D eigenvalue weighted by Gasteiger charge is -2.71. The minimum Gasteiger partial charge on any atom is -0.388 e. The average Bonchev–Trinajstić information content (AvgIpc) is 2.36. The molecular formula is C11H17N3O7. The SMILES string of the molecule is C[C@@]1(O)[C@H]2O[C@@]3(O)O[C@H]1[C@@H]1[C@H](O)N=C(N)N[C@]1(C2O)[C@@H]3O. The van der Waals surface area contributed by atoms with E-state index < -0.39 is 53.7 Å². The Kier molecular flexibility index (Phi) is 2.26. The van der Waals surface area contributed by atoms with Crippen LogP contribution in [0.1, 0.15) is 6.92 Å². The Morgan fingerprint density at radius 1 is 1.19 bits per heavy atom. The van der Waals surface area contributed by atoms with Gasteiger partial charge in [0.05, 0.1) is 5.92 Å². The van der Waals surface area contributed by atoms with Crippen molar-refractivity contribution in [1.82, 2.24) is 5.32 Å². The molecule has 5 aliphatic rings. The Balaban J connectivity index is 1.95.